The highest BCUT2D eigenvalue weighted by Gasteiger charge is 2.11. The summed E-state index contributed by atoms with van der Waals surface area (Å²) in [6.07, 6.45) is 6.79. The van der Waals surface area contributed by atoms with Crippen LogP contribution in [0.2, 0.25) is 0 Å². The van der Waals surface area contributed by atoms with Crippen molar-refractivity contribution in [2.45, 2.75) is 33.1 Å². The van der Waals surface area contributed by atoms with Gasteiger partial charge in [0, 0.05) is 7.05 Å². The molecule has 0 fully saturated rings. The first kappa shape index (κ1) is 12.9. The van der Waals surface area contributed by atoms with Crippen LogP contribution in [0.3, 0.4) is 0 Å². The molecule has 80 valence electrons. The maximum atomic E-state index is 9.06. The Labute approximate surface area is 87.1 Å². The Morgan fingerprint density at radius 2 is 2.29 bits per heavy atom. The van der Waals surface area contributed by atoms with Crippen LogP contribution in [0.25, 0.3) is 0 Å². The molecule has 0 bridgehead atoms. The lowest BCUT2D eigenvalue weighted by atomic mass is 9.86. The van der Waals surface area contributed by atoms with Crippen molar-refractivity contribution in [3.05, 3.63) is 23.8 Å². The number of nitrogens with one attached hydrogen (secondary N) is 1. The minimum Gasteiger partial charge on any atom is -0.362 e. The van der Waals surface area contributed by atoms with E-state index in [9.17, 15) is 0 Å². The number of amides is 1. The molecule has 0 aromatic heterocycles. The quantitative estimate of drug-likeness (QED) is 0.532. The van der Waals surface area contributed by atoms with Gasteiger partial charge in [-0.15, -0.1) is 0 Å². The SMILES string of the molecule is C=C(C)C1CC=C(C)CC1.CNC=O. The molecule has 0 aliphatic heterocycles. The minimum atomic E-state index is 0.625. The summed E-state index contributed by atoms with van der Waals surface area (Å²) in [6, 6.07) is 0. The summed E-state index contributed by atoms with van der Waals surface area (Å²) in [4.78, 5) is 9.06. The number of carbonyl (C=O) groups is 1. The summed E-state index contributed by atoms with van der Waals surface area (Å²) in [7, 11) is 1.56. The number of hydrogen-bond donors (Lipinski definition) is 1. The lowest BCUT2D eigenvalue weighted by Gasteiger charge is -2.19. The van der Waals surface area contributed by atoms with E-state index in [1.807, 2.05) is 0 Å². The molecule has 0 aromatic rings. The standard InChI is InChI=1S/C10H16.C2H5NO/c1-8(2)10-6-4-9(3)5-7-10;1-3-2-4/h4,10H,1,5-7H2,2-3H3;2H,1H3,(H,3,4). The van der Waals surface area contributed by atoms with Crippen LogP contribution in [0.4, 0.5) is 0 Å². The van der Waals surface area contributed by atoms with Crippen molar-refractivity contribution in [3.63, 3.8) is 0 Å². The van der Waals surface area contributed by atoms with Gasteiger partial charge in [-0.1, -0.05) is 23.8 Å². The molecule has 0 heterocycles. The largest absolute Gasteiger partial charge is 0.362 e. The van der Waals surface area contributed by atoms with Crippen LogP contribution in [0, 0.1) is 5.92 Å². The van der Waals surface area contributed by atoms with E-state index in [0.717, 1.165) is 5.92 Å². The van der Waals surface area contributed by atoms with Crippen molar-refractivity contribution in [2.24, 2.45) is 5.92 Å². The van der Waals surface area contributed by atoms with Crippen molar-refractivity contribution < 1.29 is 4.79 Å². The van der Waals surface area contributed by atoms with Crippen LogP contribution >= 0.6 is 0 Å². The first-order chi connectivity index (χ1) is 6.61. The molecule has 1 rings (SSSR count). The van der Waals surface area contributed by atoms with E-state index in [0.29, 0.717) is 6.41 Å². The van der Waals surface area contributed by atoms with Gasteiger partial charge in [0.15, 0.2) is 0 Å². The third-order valence-electron chi connectivity index (χ3n) is 2.45. The van der Waals surface area contributed by atoms with Crippen molar-refractivity contribution in [3.8, 4) is 0 Å². The fourth-order valence-electron chi connectivity index (χ4n) is 1.41. The highest BCUT2D eigenvalue weighted by molar-refractivity contribution is 5.44. The van der Waals surface area contributed by atoms with Gasteiger partial charge < -0.3 is 5.32 Å². The first-order valence-corrected chi connectivity index (χ1v) is 5.03. The highest BCUT2D eigenvalue weighted by atomic mass is 16.1. The van der Waals surface area contributed by atoms with Gasteiger partial charge in [0.2, 0.25) is 6.41 Å². The molecule has 2 nitrogen and oxygen atoms in total. The average molecular weight is 195 g/mol. The second kappa shape index (κ2) is 7.36. The first-order valence-electron chi connectivity index (χ1n) is 5.03. The maximum absolute atomic E-state index is 9.06. The van der Waals surface area contributed by atoms with Gasteiger partial charge in [-0.25, -0.2) is 0 Å². The second-order valence-electron chi connectivity index (χ2n) is 3.77. The molecule has 1 unspecified atom stereocenters. The van der Waals surface area contributed by atoms with E-state index >= 15 is 0 Å². The summed E-state index contributed by atoms with van der Waals surface area (Å²) in [5.41, 5.74) is 2.90. The summed E-state index contributed by atoms with van der Waals surface area (Å²) in [5.74, 6) is 0.767. The Morgan fingerprint density at radius 1 is 1.71 bits per heavy atom. The molecule has 1 aliphatic rings. The predicted octanol–water partition coefficient (Wildman–Crippen LogP) is 2.67. The number of rotatable bonds is 2. The number of hydrogen-bond acceptors (Lipinski definition) is 1. The molecule has 0 saturated carbocycles. The van der Waals surface area contributed by atoms with E-state index in [-0.39, 0.29) is 0 Å². The highest BCUT2D eigenvalue weighted by Crippen LogP contribution is 2.27. The minimum absolute atomic E-state index is 0.625. The molecule has 2 heteroatoms. The summed E-state index contributed by atoms with van der Waals surface area (Å²) in [5, 5.41) is 2.25. The zero-order valence-electron chi connectivity index (χ0n) is 9.47. The Balaban J connectivity index is 0.000000364. The normalized spacial score (nSPS) is 19.9. The van der Waals surface area contributed by atoms with Crippen LogP contribution in [0.5, 0.6) is 0 Å². The topological polar surface area (TPSA) is 29.1 Å². The number of carbonyl (C=O) groups excluding carboxylic acids is 1. The molecule has 0 radical (unpaired) electrons. The predicted molar refractivity (Wildman–Crippen MR) is 61.0 cm³/mol. The molecule has 0 aromatic carbocycles. The van der Waals surface area contributed by atoms with Crippen LogP contribution in [0.1, 0.15) is 33.1 Å². The molecular weight excluding hydrogens is 174 g/mol. The van der Waals surface area contributed by atoms with Gasteiger partial charge in [0.1, 0.15) is 0 Å². The zero-order valence-corrected chi connectivity index (χ0v) is 9.47. The van der Waals surface area contributed by atoms with Crippen molar-refractivity contribution in [2.75, 3.05) is 7.05 Å². The Hall–Kier alpha value is -1.05. The van der Waals surface area contributed by atoms with E-state index in [1.165, 1.54) is 24.8 Å². The Bertz CT molecular complexity index is 218. The van der Waals surface area contributed by atoms with Crippen LogP contribution < -0.4 is 5.32 Å². The molecule has 14 heavy (non-hydrogen) atoms. The molecule has 1 N–H and O–H groups in total. The van der Waals surface area contributed by atoms with Gasteiger partial charge in [-0.05, 0) is 39.0 Å². The van der Waals surface area contributed by atoms with E-state index < -0.39 is 0 Å². The van der Waals surface area contributed by atoms with E-state index in [1.54, 1.807) is 12.6 Å². The summed E-state index contributed by atoms with van der Waals surface area (Å²) in [6.45, 7) is 8.33. The van der Waals surface area contributed by atoms with Gasteiger partial charge in [-0.2, -0.15) is 0 Å². The van der Waals surface area contributed by atoms with Gasteiger partial charge in [-0.3, -0.25) is 4.79 Å². The third-order valence-corrected chi connectivity index (χ3v) is 2.45. The lowest BCUT2D eigenvalue weighted by molar-refractivity contribution is -0.109. The van der Waals surface area contributed by atoms with E-state index in [2.05, 4.69) is 31.8 Å². The van der Waals surface area contributed by atoms with Crippen LogP contribution in [-0.4, -0.2) is 13.5 Å². The third kappa shape index (κ3) is 5.57. The Morgan fingerprint density at radius 3 is 2.57 bits per heavy atom. The van der Waals surface area contributed by atoms with Crippen molar-refractivity contribution in [1.82, 2.24) is 5.32 Å². The van der Waals surface area contributed by atoms with E-state index in [4.69, 9.17) is 4.79 Å². The lowest BCUT2D eigenvalue weighted by Crippen LogP contribution is -2.04. The maximum Gasteiger partial charge on any atom is 0.206 e. The molecule has 1 amide bonds. The van der Waals surface area contributed by atoms with Crippen molar-refractivity contribution in [1.29, 1.82) is 0 Å². The van der Waals surface area contributed by atoms with Crippen LogP contribution in [0.15, 0.2) is 23.8 Å². The molecular formula is C12H21NO. The van der Waals surface area contributed by atoms with Crippen LogP contribution in [-0.2, 0) is 4.79 Å². The second-order valence-corrected chi connectivity index (χ2v) is 3.77. The average Bonchev–Trinajstić information content (AvgIpc) is 2.19. The number of allylic oxidation sites excluding steroid dienone is 3. The van der Waals surface area contributed by atoms with Gasteiger partial charge >= 0.3 is 0 Å². The van der Waals surface area contributed by atoms with Gasteiger partial charge in [0.25, 0.3) is 0 Å². The fourth-order valence-corrected chi connectivity index (χ4v) is 1.41. The smallest absolute Gasteiger partial charge is 0.206 e. The van der Waals surface area contributed by atoms with Crippen molar-refractivity contribution >= 4 is 6.41 Å². The molecule has 1 atom stereocenters. The zero-order chi connectivity index (χ0) is 11.0. The Kier molecular flexibility index (Phi) is 6.81. The summed E-state index contributed by atoms with van der Waals surface area (Å²) < 4.78 is 0. The van der Waals surface area contributed by atoms with Gasteiger partial charge in [0.05, 0.1) is 0 Å². The monoisotopic (exact) mass is 195 g/mol. The molecule has 0 spiro atoms. The molecule has 1 aliphatic carbocycles. The fraction of sp³-hybridized carbons (Fsp3) is 0.583. The summed E-state index contributed by atoms with van der Waals surface area (Å²) >= 11 is 0. The molecule has 0 saturated heterocycles.